The van der Waals surface area contributed by atoms with Crippen molar-refractivity contribution in [3.63, 3.8) is 0 Å². The molecule has 0 heterocycles. The van der Waals surface area contributed by atoms with Gasteiger partial charge >= 0.3 is 0 Å². The Kier molecular flexibility index (Phi) is 6.12. The number of aliphatic hydroxyl groups excluding tert-OH is 1. The van der Waals surface area contributed by atoms with E-state index in [1.54, 1.807) is 0 Å². The maximum atomic E-state index is 8.83. The van der Waals surface area contributed by atoms with Crippen molar-refractivity contribution in [2.24, 2.45) is 0 Å². The van der Waals surface area contributed by atoms with Crippen molar-refractivity contribution in [1.29, 1.82) is 0 Å². The summed E-state index contributed by atoms with van der Waals surface area (Å²) in [6, 6.07) is 0. The van der Waals surface area contributed by atoms with Gasteiger partial charge in [0.05, 0.1) is 0 Å². The minimum absolute atomic E-state index is 0.538. The fraction of sp³-hybridized carbons (Fsp3) is 0.714. The van der Waals surface area contributed by atoms with Gasteiger partial charge < -0.3 is 5.11 Å². The molecular weight excluding hydrogens is 180 g/mol. The molecule has 0 saturated carbocycles. The predicted molar refractivity (Wildman–Crippen MR) is 42.5 cm³/mol. The summed E-state index contributed by atoms with van der Waals surface area (Å²) in [4.78, 5) is 0. The molecule has 1 nitrogen and oxygen atoms in total. The van der Waals surface area contributed by atoms with Crippen LogP contribution in [-0.2, 0) is 0 Å². The predicted octanol–water partition coefficient (Wildman–Crippen LogP) is 1.55. The molecule has 0 aromatic rings. The lowest BCUT2D eigenvalue weighted by Crippen LogP contribution is -2.01. The molecule has 0 spiro atoms. The summed E-state index contributed by atoms with van der Waals surface area (Å²) in [5.41, 5.74) is 0. The van der Waals surface area contributed by atoms with E-state index in [4.69, 9.17) is 11.5 Å². The molecule has 0 aliphatic heterocycles. The van der Waals surface area contributed by atoms with Gasteiger partial charge in [-0.25, -0.2) is 0 Å². The van der Waals surface area contributed by atoms with Crippen LogP contribution in [0.1, 0.15) is 19.3 Å². The average Bonchev–Trinajstić information content (AvgIpc) is 1.89. The van der Waals surface area contributed by atoms with Crippen molar-refractivity contribution in [3.8, 4) is 12.3 Å². The van der Waals surface area contributed by atoms with Gasteiger partial charge in [0.2, 0.25) is 0 Å². The highest BCUT2D eigenvalue weighted by atomic mass is 79.9. The summed E-state index contributed by atoms with van der Waals surface area (Å²) in [7, 11) is 0. The molecule has 2 heteroatoms. The Bertz CT molecular complexity index is 95.6. The molecule has 0 aromatic carbocycles. The lowest BCUT2D eigenvalue weighted by atomic mass is 10.2. The van der Waals surface area contributed by atoms with Crippen molar-refractivity contribution in [2.75, 3.05) is 5.33 Å². The van der Waals surface area contributed by atoms with Gasteiger partial charge in [-0.15, -0.1) is 6.42 Å². The summed E-state index contributed by atoms with van der Waals surface area (Å²) in [5.74, 6) is 2.26. The van der Waals surface area contributed by atoms with Crippen LogP contribution in [0.15, 0.2) is 0 Å². The quantitative estimate of drug-likeness (QED) is 0.406. The van der Waals surface area contributed by atoms with Crippen LogP contribution in [0.3, 0.4) is 0 Å². The lowest BCUT2D eigenvalue weighted by Gasteiger charge is -1.99. The van der Waals surface area contributed by atoms with Crippen molar-refractivity contribution >= 4 is 15.9 Å². The second-order valence-electron chi connectivity index (χ2n) is 1.87. The highest BCUT2D eigenvalue weighted by molar-refractivity contribution is 9.09. The van der Waals surface area contributed by atoms with E-state index in [0.717, 1.165) is 24.6 Å². The Hall–Kier alpha value is 0. The van der Waals surface area contributed by atoms with Crippen LogP contribution < -0.4 is 0 Å². The minimum atomic E-state index is -0.538. The molecule has 0 bridgehead atoms. The van der Waals surface area contributed by atoms with Gasteiger partial charge in [0, 0.05) is 5.33 Å². The maximum Gasteiger partial charge on any atom is 0.114 e. The first kappa shape index (κ1) is 9.00. The van der Waals surface area contributed by atoms with E-state index in [2.05, 4.69) is 21.9 Å². The Morgan fingerprint density at radius 1 is 1.56 bits per heavy atom. The molecule has 0 amide bonds. The van der Waals surface area contributed by atoms with Gasteiger partial charge in [0.25, 0.3) is 0 Å². The molecule has 0 rings (SSSR count). The third kappa shape index (κ3) is 5.88. The Labute approximate surface area is 64.6 Å². The molecule has 0 saturated heterocycles. The van der Waals surface area contributed by atoms with E-state index >= 15 is 0 Å². The molecule has 0 radical (unpaired) electrons. The van der Waals surface area contributed by atoms with Gasteiger partial charge in [-0.2, -0.15) is 0 Å². The van der Waals surface area contributed by atoms with Gasteiger partial charge in [-0.3, -0.25) is 0 Å². The minimum Gasteiger partial charge on any atom is -0.380 e. The summed E-state index contributed by atoms with van der Waals surface area (Å²) in [6.45, 7) is 0. The Morgan fingerprint density at radius 2 is 2.22 bits per heavy atom. The number of halogens is 1. The van der Waals surface area contributed by atoms with E-state index in [-0.39, 0.29) is 0 Å². The first-order chi connectivity index (χ1) is 4.31. The van der Waals surface area contributed by atoms with E-state index in [1.807, 2.05) is 0 Å². The molecule has 0 aliphatic carbocycles. The summed E-state index contributed by atoms with van der Waals surface area (Å²) >= 11 is 3.29. The smallest absolute Gasteiger partial charge is 0.114 e. The molecule has 1 atom stereocenters. The fourth-order valence-corrected chi connectivity index (χ4v) is 0.912. The van der Waals surface area contributed by atoms with Crippen molar-refractivity contribution in [3.05, 3.63) is 0 Å². The number of hydrogen-bond acceptors (Lipinski definition) is 1. The van der Waals surface area contributed by atoms with Gasteiger partial charge in [-0.1, -0.05) is 21.9 Å². The Morgan fingerprint density at radius 3 is 2.67 bits per heavy atom. The first-order valence-corrected chi connectivity index (χ1v) is 4.13. The number of rotatable bonds is 4. The van der Waals surface area contributed by atoms with Gasteiger partial charge in [0.15, 0.2) is 0 Å². The summed E-state index contributed by atoms with van der Waals surface area (Å²) < 4.78 is 0. The monoisotopic (exact) mass is 190 g/mol. The van der Waals surface area contributed by atoms with Crippen LogP contribution >= 0.6 is 15.9 Å². The summed E-state index contributed by atoms with van der Waals surface area (Å²) in [5, 5.41) is 9.82. The van der Waals surface area contributed by atoms with Crippen LogP contribution in [0.4, 0.5) is 0 Å². The second kappa shape index (κ2) is 6.12. The number of hydrogen-bond donors (Lipinski definition) is 1. The van der Waals surface area contributed by atoms with Crippen LogP contribution in [0.5, 0.6) is 0 Å². The third-order valence-electron chi connectivity index (χ3n) is 1.05. The lowest BCUT2D eigenvalue weighted by molar-refractivity contribution is 0.219. The molecular formula is C7H11BrO. The zero-order chi connectivity index (χ0) is 7.11. The van der Waals surface area contributed by atoms with E-state index < -0.39 is 6.10 Å². The molecule has 0 fully saturated rings. The highest BCUT2D eigenvalue weighted by Gasteiger charge is 1.95. The average molecular weight is 191 g/mol. The zero-order valence-electron chi connectivity index (χ0n) is 5.31. The Balaban J connectivity index is 2.99. The fourth-order valence-electron chi connectivity index (χ4n) is 0.516. The van der Waals surface area contributed by atoms with Crippen LogP contribution in [-0.4, -0.2) is 16.5 Å². The largest absolute Gasteiger partial charge is 0.380 e. The second-order valence-corrected chi connectivity index (χ2v) is 2.66. The van der Waals surface area contributed by atoms with E-state index in [9.17, 15) is 0 Å². The number of alkyl halides is 1. The molecule has 52 valence electrons. The van der Waals surface area contributed by atoms with Crippen LogP contribution in [0, 0.1) is 12.3 Å². The number of unbranched alkanes of at least 4 members (excludes halogenated alkanes) is 1. The number of terminal acetylenes is 1. The highest BCUT2D eigenvalue weighted by Crippen LogP contribution is 2.01. The summed E-state index contributed by atoms with van der Waals surface area (Å²) in [6.07, 6.45) is 7.21. The van der Waals surface area contributed by atoms with Crippen LogP contribution in [0.25, 0.3) is 0 Å². The molecule has 1 unspecified atom stereocenters. The van der Waals surface area contributed by atoms with Gasteiger partial charge in [0.1, 0.15) is 6.10 Å². The number of aliphatic hydroxyl groups is 1. The molecule has 1 N–H and O–H groups in total. The molecule has 0 aromatic heterocycles. The van der Waals surface area contributed by atoms with Crippen molar-refractivity contribution in [2.45, 2.75) is 25.4 Å². The van der Waals surface area contributed by atoms with Crippen molar-refractivity contribution < 1.29 is 5.11 Å². The first-order valence-electron chi connectivity index (χ1n) is 3.01. The maximum absolute atomic E-state index is 8.83. The zero-order valence-corrected chi connectivity index (χ0v) is 6.89. The van der Waals surface area contributed by atoms with E-state index in [0.29, 0.717) is 0 Å². The normalized spacial score (nSPS) is 12.6. The molecule has 9 heavy (non-hydrogen) atoms. The molecule has 0 aliphatic rings. The standard InChI is InChI=1S/C7H11BrO/c1-2-7(9)5-3-4-6-8/h1,7,9H,3-6H2. The van der Waals surface area contributed by atoms with E-state index in [1.165, 1.54) is 0 Å². The van der Waals surface area contributed by atoms with Crippen LogP contribution in [0.2, 0.25) is 0 Å². The third-order valence-corrected chi connectivity index (χ3v) is 1.61. The van der Waals surface area contributed by atoms with Crippen molar-refractivity contribution in [1.82, 2.24) is 0 Å². The topological polar surface area (TPSA) is 20.2 Å². The SMILES string of the molecule is C#CC(O)CCCCBr. The van der Waals surface area contributed by atoms with Gasteiger partial charge in [-0.05, 0) is 19.3 Å².